The predicted octanol–water partition coefficient (Wildman–Crippen LogP) is 4.74. The van der Waals surface area contributed by atoms with Crippen LogP contribution in [0.15, 0.2) is 48.7 Å². The van der Waals surface area contributed by atoms with Gasteiger partial charge in [-0.2, -0.15) is 18.2 Å². The fraction of sp³-hybridized carbons (Fsp3) is 0.211. The number of alkyl halides is 3. The Hall–Kier alpha value is -3.36. The van der Waals surface area contributed by atoms with Gasteiger partial charge in [0.1, 0.15) is 11.6 Å². The molecule has 0 unspecified atom stereocenters. The molecule has 0 aliphatic carbocycles. The molecule has 0 spiro atoms. The smallest absolute Gasteiger partial charge is 0.420 e. The van der Waals surface area contributed by atoms with Gasteiger partial charge in [-0.25, -0.2) is 4.98 Å². The summed E-state index contributed by atoms with van der Waals surface area (Å²) < 4.78 is 44.6. The van der Waals surface area contributed by atoms with Gasteiger partial charge in [0.25, 0.3) is 0 Å². The van der Waals surface area contributed by atoms with Crippen LogP contribution in [0.1, 0.15) is 12.5 Å². The third kappa shape index (κ3) is 4.48. The number of anilines is 3. The first-order valence-corrected chi connectivity index (χ1v) is 8.47. The number of nitrogens with zero attached hydrogens (tertiary/aromatic N) is 3. The predicted molar refractivity (Wildman–Crippen MR) is 101 cm³/mol. The number of aromatic nitrogens is 3. The SMILES string of the molecule is CCNc1nc(Nc2ccc(OC)c(C(F)(F)F)c2)cc(-c2ccccn2)n1. The number of ether oxygens (including phenoxy) is 1. The first-order chi connectivity index (χ1) is 13.4. The van der Waals surface area contributed by atoms with E-state index in [1.54, 1.807) is 24.4 Å². The summed E-state index contributed by atoms with van der Waals surface area (Å²) >= 11 is 0. The van der Waals surface area contributed by atoms with E-state index in [2.05, 4.69) is 25.6 Å². The third-order valence-corrected chi connectivity index (χ3v) is 3.77. The fourth-order valence-corrected chi connectivity index (χ4v) is 2.55. The van der Waals surface area contributed by atoms with Gasteiger partial charge in [0.2, 0.25) is 5.95 Å². The highest BCUT2D eigenvalue weighted by molar-refractivity contribution is 5.66. The Morgan fingerprint density at radius 1 is 1.04 bits per heavy atom. The average molecular weight is 389 g/mol. The van der Waals surface area contributed by atoms with Crippen LogP contribution in [-0.4, -0.2) is 28.6 Å². The lowest BCUT2D eigenvalue weighted by atomic mass is 10.1. The molecular formula is C19H18F3N5O. The number of halogens is 3. The number of rotatable bonds is 6. The van der Waals surface area contributed by atoms with E-state index in [1.807, 2.05) is 13.0 Å². The van der Waals surface area contributed by atoms with Gasteiger partial charge in [-0.15, -0.1) is 0 Å². The topological polar surface area (TPSA) is 72.0 Å². The maximum Gasteiger partial charge on any atom is 0.420 e. The van der Waals surface area contributed by atoms with Gasteiger partial charge in [-0.1, -0.05) is 6.07 Å². The van der Waals surface area contributed by atoms with Crippen molar-refractivity contribution in [3.8, 4) is 17.1 Å². The van der Waals surface area contributed by atoms with Crippen molar-refractivity contribution in [1.82, 2.24) is 15.0 Å². The second-order valence-electron chi connectivity index (χ2n) is 5.75. The standard InChI is InChI=1S/C19H18F3N5O/c1-3-23-18-26-15(14-6-4-5-9-24-14)11-17(27-18)25-12-7-8-16(28-2)13(10-12)19(20,21)22/h4-11H,3H2,1-2H3,(H2,23,25,26,27). The summed E-state index contributed by atoms with van der Waals surface area (Å²) in [7, 11) is 1.20. The molecule has 28 heavy (non-hydrogen) atoms. The van der Waals surface area contributed by atoms with Crippen LogP contribution in [0.3, 0.4) is 0 Å². The Labute approximate surface area is 159 Å². The molecule has 0 bridgehead atoms. The fourth-order valence-electron chi connectivity index (χ4n) is 2.55. The van der Waals surface area contributed by atoms with Crippen molar-refractivity contribution in [1.29, 1.82) is 0 Å². The zero-order valence-corrected chi connectivity index (χ0v) is 15.2. The number of pyridine rings is 1. The van der Waals surface area contributed by atoms with Crippen LogP contribution in [0.5, 0.6) is 5.75 Å². The van der Waals surface area contributed by atoms with Gasteiger partial charge in [0, 0.05) is 24.5 Å². The van der Waals surface area contributed by atoms with Gasteiger partial charge in [0.05, 0.1) is 24.1 Å². The first kappa shape index (κ1) is 19.4. The Morgan fingerprint density at radius 3 is 2.50 bits per heavy atom. The highest BCUT2D eigenvalue weighted by Crippen LogP contribution is 2.38. The molecular weight excluding hydrogens is 371 g/mol. The van der Waals surface area contributed by atoms with Gasteiger partial charge in [-0.3, -0.25) is 4.98 Å². The lowest BCUT2D eigenvalue weighted by Gasteiger charge is -2.15. The Morgan fingerprint density at radius 2 is 1.86 bits per heavy atom. The van der Waals surface area contributed by atoms with Crippen LogP contribution in [0, 0.1) is 0 Å². The zero-order chi connectivity index (χ0) is 20.1. The van der Waals surface area contributed by atoms with Crippen molar-refractivity contribution in [3.05, 3.63) is 54.2 Å². The van der Waals surface area contributed by atoms with Crippen LogP contribution in [0.2, 0.25) is 0 Å². The van der Waals surface area contributed by atoms with E-state index in [9.17, 15) is 13.2 Å². The van der Waals surface area contributed by atoms with E-state index < -0.39 is 11.7 Å². The highest BCUT2D eigenvalue weighted by Gasteiger charge is 2.34. The molecule has 3 rings (SSSR count). The summed E-state index contributed by atoms with van der Waals surface area (Å²) in [6.45, 7) is 2.48. The molecule has 2 N–H and O–H groups in total. The van der Waals surface area contributed by atoms with E-state index >= 15 is 0 Å². The van der Waals surface area contributed by atoms with Gasteiger partial charge >= 0.3 is 6.18 Å². The molecule has 0 amide bonds. The summed E-state index contributed by atoms with van der Waals surface area (Å²) in [5, 5.41) is 5.91. The van der Waals surface area contributed by atoms with Crippen LogP contribution >= 0.6 is 0 Å². The summed E-state index contributed by atoms with van der Waals surface area (Å²) in [6.07, 6.45) is -2.90. The van der Waals surface area contributed by atoms with Crippen LogP contribution in [0.25, 0.3) is 11.4 Å². The number of hydrogen-bond acceptors (Lipinski definition) is 6. The van der Waals surface area contributed by atoms with Crippen molar-refractivity contribution in [2.24, 2.45) is 0 Å². The lowest BCUT2D eigenvalue weighted by Crippen LogP contribution is -2.09. The minimum absolute atomic E-state index is 0.223. The Bertz CT molecular complexity index is 948. The summed E-state index contributed by atoms with van der Waals surface area (Å²) in [5.74, 6) is 0.436. The maximum atomic E-state index is 13.3. The third-order valence-electron chi connectivity index (χ3n) is 3.77. The monoisotopic (exact) mass is 389 g/mol. The molecule has 0 radical (unpaired) electrons. The Balaban J connectivity index is 1.99. The molecule has 146 valence electrons. The van der Waals surface area contributed by atoms with Crippen molar-refractivity contribution in [3.63, 3.8) is 0 Å². The molecule has 2 aromatic heterocycles. The molecule has 0 saturated heterocycles. The van der Waals surface area contributed by atoms with E-state index in [4.69, 9.17) is 4.74 Å². The molecule has 9 heteroatoms. The molecule has 0 atom stereocenters. The van der Waals surface area contributed by atoms with Crippen LogP contribution < -0.4 is 15.4 Å². The minimum atomic E-state index is -4.54. The molecule has 3 aromatic rings. The lowest BCUT2D eigenvalue weighted by molar-refractivity contribution is -0.138. The van der Waals surface area contributed by atoms with Crippen LogP contribution in [-0.2, 0) is 6.18 Å². The number of benzene rings is 1. The normalized spacial score (nSPS) is 11.2. The van der Waals surface area contributed by atoms with Crippen molar-refractivity contribution in [2.45, 2.75) is 13.1 Å². The molecule has 0 aliphatic rings. The molecule has 0 fully saturated rings. The largest absolute Gasteiger partial charge is 0.496 e. The maximum absolute atomic E-state index is 13.3. The first-order valence-electron chi connectivity index (χ1n) is 8.47. The van der Waals surface area contributed by atoms with E-state index in [1.165, 1.54) is 19.2 Å². The summed E-state index contributed by atoms with van der Waals surface area (Å²) in [4.78, 5) is 13.0. The molecule has 0 aliphatic heterocycles. The van der Waals surface area contributed by atoms with Gasteiger partial charge in [-0.05, 0) is 37.3 Å². The van der Waals surface area contributed by atoms with E-state index in [0.29, 0.717) is 29.7 Å². The molecule has 2 heterocycles. The van der Waals surface area contributed by atoms with Crippen LogP contribution in [0.4, 0.5) is 30.6 Å². The zero-order valence-electron chi connectivity index (χ0n) is 15.2. The Kier molecular flexibility index (Phi) is 5.62. The summed E-state index contributed by atoms with van der Waals surface area (Å²) in [6, 6.07) is 10.8. The van der Waals surface area contributed by atoms with Crippen molar-refractivity contribution >= 4 is 17.5 Å². The van der Waals surface area contributed by atoms with Crippen molar-refractivity contribution in [2.75, 3.05) is 24.3 Å². The van der Waals surface area contributed by atoms with E-state index in [0.717, 1.165) is 6.07 Å². The number of nitrogens with one attached hydrogen (secondary N) is 2. The highest BCUT2D eigenvalue weighted by atomic mass is 19.4. The molecule has 0 saturated carbocycles. The van der Waals surface area contributed by atoms with Gasteiger partial charge in [0.15, 0.2) is 0 Å². The van der Waals surface area contributed by atoms with Gasteiger partial charge < -0.3 is 15.4 Å². The quantitative estimate of drug-likeness (QED) is 0.634. The number of hydrogen-bond donors (Lipinski definition) is 2. The molecule has 1 aromatic carbocycles. The summed E-state index contributed by atoms with van der Waals surface area (Å²) in [5.41, 5.74) is 0.517. The number of methoxy groups -OCH3 is 1. The van der Waals surface area contributed by atoms with E-state index in [-0.39, 0.29) is 11.4 Å². The second-order valence-corrected chi connectivity index (χ2v) is 5.75. The molecule has 6 nitrogen and oxygen atoms in total. The second kappa shape index (κ2) is 8.12. The average Bonchev–Trinajstić information content (AvgIpc) is 2.68. The minimum Gasteiger partial charge on any atom is -0.496 e. The van der Waals surface area contributed by atoms with Crippen molar-refractivity contribution < 1.29 is 17.9 Å².